The Morgan fingerprint density at radius 3 is 2.31 bits per heavy atom. The monoisotopic (exact) mass is 302 g/mol. The van der Waals surface area contributed by atoms with Crippen LogP contribution in [0.15, 0.2) is 18.2 Å². The van der Waals surface area contributed by atoms with E-state index >= 15 is 0 Å². The molecule has 16 heavy (non-hydrogen) atoms. The second kappa shape index (κ2) is 5.10. The maximum absolute atomic E-state index is 11.2. The first-order valence-electron chi connectivity index (χ1n) is 4.19. The molecule has 1 aromatic rings. The molecule has 1 rings (SSSR count). The van der Waals surface area contributed by atoms with Gasteiger partial charge in [0, 0.05) is 21.9 Å². The van der Waals surface area contributed by atoms with Crippen molar-refractivity contribution in [2.45, 2.75) is 10.8 Å². The molecule has 1 aromatic carbocycles. The van der Waals surface area contributed by atoms with E-state index in [2.05, 4.69) is 0 Å². The highest BCUT2D eigenvalue weighted by atomic mass is 35.5. The Bertz CT molecular complexity index is 487. The molecule has 0 fully saturated rings. The highest BCUT2D eigenvalue weighted by Gasteiger charge is 2.29. The molecule has 3 nitrogen and oxygen atoms in total. The number of halogens is 3. The minimum atomic E-state index is -3.55. The summed E-state index contributed by atoms with van der Waals surface area (Å²) in [6.07, 6.45) is -0.445. The van der Waals surface area contributed by atoms with Gasteiger partial charge < -0.3 is 5.11 Å². The standard InChI is InChI=1S/C9H9Cl3O3S/c1-16(14,15)9(12)8(13)6-3-2-5(10)4-7(6)11/h2-4,8-9,13H,1H3/t8-,9+/m0/s1. The Labute approximate surface area is 109 Å². The minimum absolute atomic E-state index is 0.175. The molecule has 0 amide bonds. The Morgan fingerprint density at radius 1 is 1.31 bits per heavy atom. The Morgan fingerprint density at radius 2 is 1.88 bits per heavy atom. The average molecular weight is 304 g/mol. The summed E-state index contributed by atoms with van der Waals surface area (Å²) in [6, 6.07) is 4.35. The molecular formula is C9H9Cl3O3S. The van der Waals surface area contributed by atoms with Crippen LogP contribution in [-0.2, 0) is 9.84 Å². The molecule has 0 bridgehead atoms. The third-order valence-electron chi connectivity index (χ3n) is 1.94. The van der Waals surface area contributed by atoms with Crippen molar-refractivity contribution in [3.8, 4) is 0 Å². The Kier molecular flexibility index (Phi) is 4.49. The molecule has 90 valence electrons. The van der Waals surface area contributed by atoms with Crippen LogP contribution in [0.5, 0.6) is 0 Å². The highest BCUT2D eigenvalue weighted by molar-refractivity contribution is 7.92. The van der Waals surface area contributed by atoms with Crippen LogP contribution in [0.25, 0.3) is 0 Å². The number of benzene rings is 1. The quantitative estimate of drug-likeness (QED) is 0.873. The summed E-state index contributed by atoms with van der Waals surface area (Å²) in [7, 11) is -3.55. The van der Waals surface area contributed by atoms with Gasteiger partial charge in [0.15, 0.2) is 14.5 Å². The molecule has 2 atom stereocenters. The van der Waals surface area contributed by atoms with Crippen molar-refractivity contribution in [1.29, 1.82) is 0 Å². The Balaban J connectivity index is 3.10. The maximum atomic E-state index is 11.2. The van der Waals surface area contributed by atoms with Crippen LogP contribution >= 0.6 is 34.8 Å². The fourth-order valence-corrected chi connectivity index (χ4v) is 2.39. The summed E-state index contributed by atoms with van der Waals surface area (Å²) in [5.41, 5.74) is 0.233. The van der Waals surface area contributed by atoms with Crippen LogP contribution < -0.4 is 0 Å². The largest absolute Gasteiger partial charge is 0.386 e. The van der Waals surface area contributed by atoms with Crippen LogP contribution in [0, 0.1) is 0 Å². The van der Waals surface area contributed by atoms with Crippen molar-refractivity contribution in [1.82, 2.24) is 0 Å². The zero-order valence-corrected chi connectivity index (χ0v) is 11.3. The number of hydrogen-bond acceptors (Lipinski definition) is 3. The first kappa shape index (κ1) is 14.1. The highest BCUT2D eigenvalue weighted by Crippen LogP contribution is 2.31. The molecule has 0 heterocycles. The topological polar surface area (TPSA) is 54.4 Å². The SMILES string of the molecule is CS(=O)(=O)[C@@H](Cl)[C@@H](O)c1ccc(Cl)cc1Cl. The maximum Gasteiger partial charge on any atom is 0.167 e. The molecule has 1 N–H and O–H groups in total. The fourth-order valence-electron chi connectivity index (χ4n) is 1.12. The lowest BCUT2D eigenvalue weighted by molar-refractivity contribution is 0.192. The summed E-state index contributed by atoms with van der Waals surface area (Å²) >= 11 is 17.1. The van der Waals surface area contributed by atoms with Crippen molar-refractivity contribution < 1.29 is 13.5 Å². The summed E-state index contributed by atoms with van der Waals surface area (Å²) in [5.74, 6) is 0. The van der Waals surface area contributed by atoms with Gasteiger partial charge in [-0.1, -0.05) is 29.3 Å². The van der Waals surface area contributed by atoms with Gasteiger partial charge in [0.1, 0.15) is 6.10 Å². The van der Waals surface area contributed by atoms with Gasteiger partial charge in [-0.3, -0.25) is 0 Å². The van der Waals surface area contributed by atoms with Gasteiger partial charge in [0.05, 0.1) is 0 Å². The van der Waals surface area contributed by atoms with E-state index in [-0.39, 0.29) is 10.6 Å². The number of alkyl halides is 1. The van der Waals surface area contributed by atoms with Crippen LogP contribution in [0.2, 0.25) is 10.0 Å². The lowest BCUT2D eigenvalue weighted by atomic mass is 10.1. The second-order valence-electron chi connectivity index (χ2n) is 3.29. The van der Waals surface area contributed by atoms with E-state index in [1.54, 1.807) is 0 Å². The number of aliphatic hydroxyl groups excluding tert-OH is 1. The number of aliphatic hydroxyl groups is 1. The molecule has 0 saturated carbocycles. The van der Waals surface area contributed by atoms with Crippen LogP contribution in [0.4, 0.5) is 0 Å². The summed E-state index contributed by atoms with van der Waals surface area (Å²) in [6.45, 7) is 0. The second-order valence-corrected chi connectivity index (χ2v) is 7.03. The van der Waals surface area contributed by atoms with Crippen molar-refractivity contribution in [3.63, 3.8) is 0 Å². The first-order valence-corrected chi connectivity index (χ1v) is 7.34. The Hall–Kier alpha value is -0.000000000000000111. The predicted octanol–water partition coefficient (Wildman–Crippen LogP) is 2.64. The average Bonchev–Trinajstić information content (AvgIpc) is 2.14. The van der Waals surface area contributed by atoms with Gasteiger partial charge in [-0.05, 0) is 12.1 Å². The van der Waals surface area contributed by atoms with Gasteiger partial charge in [-0.25, -0.2) is 8.42 Å². The van der Waals surface area contributed by atoms with Gasteiger partial charge in [-0.15, -0.1) is 11.6 Å². The van der Waals surface area contributed by atoms with E-state index in [1.807, 2.05) is 0 Å². The van der Waals surface area contributed by atoms with E-state index in [0.29, 0.717) is 5.02 Å². The normalized spacial score (nSPS) is 15.8. The van der Waals surface area contributed by atoms with E-state index in [1.165, 1.54) is 18.2 Å². The zero-order valence-electron chi connectivity index (χ0n) is 8.19. The molecule has 0 unspecified atom stereocenters. The van der Waals surface area contributed by atoms with Gasteiger partial charge in [0.25, 0.3) is 0 Å². The fraction of sp³-hybridized carbons (Fsp3) is 0.333. The van der Waals surface area contributed by atoms with Crippen LogP contribution in [-0.4, -0.2) is 24.5 Å². The lowest BCUT2D eigenvalue weighted by Gasteiger charge is -2.16. The number of hydrogen-bond donors (Lipinski definition) is 1. The molecule has 0 saturated heterocycles. The first-order chi connectivity index (χ1) is 7.23. The molecule has 0 radical (unpaired) electrons. The van der Waals surface area contributed by atoms with E-state index in [9.17, 15) is 13.5 Å². The number of sulfone groups is 1. The zero-order chi connectivity index (χ0) is 12.5. The van der Waals surface area contributed by atoms with Gasteiger partial charge in [0.2, 0.25) is 0 Å². The molecule has 0 aromatic heterocycles. The van der Waals surface area contributed by atoms with Crippen molar-refractivity contribution in [2.75, 3.05) is 6.26 Å². The van der Waals surface area contributed by atoms with Crippen molar-refractivity contribution in [2.24, 2.45) is 0 Å². The van der Waals surface area contributed by atoms with Gasteiger partial charge in [-0.2, -0.15) is 0 Å². The van der Waals surface area contributed by atoms with Crippen molar-refractivity contribution >= 4 is 44.6 Å². The molecular weight excluding hydrogens is 295 g/mol. The third-order valence-corrected chi connectivity index (χ3v) is 4.79. The van der Waals surface area contributed by atoms with Crippen molar-refractivity contribution in [3.05, 3.63) is 33.8 Å². The number of rotatable bonds is 3. The smallest absolute Gasteiger partial charge is 0.167 e. The molecule has 0 aliphatic rings. The van der Waals surface area contributed by atoms with E-state index in [4.69, 9.17) is 34.8 Å². The third kappa shape index (κ3) is 3.25. The van der Waals surface area contributed by atoms with Gasteiger partial charge >= 0.3 is 0 Å². The van der Waals surface area contributed by atoms with E-state index in [0.717, 1.165) is 6.26 Å². The summed E-state index contributed by atoms with van der Waals surface area (Å²) in [4.78, 5) is 0. The van der Waals surface area contributed by atoms with Crippen LogP contribution in [0.1, 0.15) is 11.7 Å². The summed E-state index contributed by atoms with van der Waals surface area (Å²) in [5, 5.41) is 10.3. The lowest BCUT2D eigenvalue weighted by Crippen LogP contribution is -2.22. The summed E-state index contributed by atoms with van der Waals surface area (Å²) < 4.78 is 20.9. The predicted molar refractivity (Wildman–Crippen MR) is 65.9 cm³/mol. The van der Waals surface area contributed by atoms with E-state index < -0.39 is 20.7 Å². The molecule has 0 spiro atoms. The molecule has 0 aliphatic carbocycles. The minimum Gasteiger partial charge on any atom is -0.386 e. The van der Waals surface area contributed by atoms with Crippen LogP contribution in [0.3, 0.4) is 0 Å². The molecule has 7 heteroatoms. The molecule has 0 aliphatic heterocycles.